The molecule has 0 saturated heterocycles. The van der Waals surface area contributed by atoms with Crippen LogP contribution in [-0.4, -0.2) is 37.2 Å². The first kappa shape index (κ1) is 23.0. The van der Waals surface area contributed by atoms with E-state index in [9.17, 15) is 0 Å². The summed E-state index contributed by atoms with van der Waals surface area (Å²) in [7, 11) is 1.74. The van der Waals surface area contributed by atoms with Crippen molar-refractivity contribution in [3.63, 3.8) is 0 Å². The van der Waals surface area contributed by atoms with Gasteiger partial charge in [0, 0.05) is 25.4 Å². The second kappa shape index (κ2) is 12.4. The predicted octanol–water partition coefficient (Wildman–Crippen LogP) is 3.54. The van der Waals surface area contributed by atoms with Crippen molar-refractivity contribution < 1.29 is 9.47 Å². The quantitative estimate of drug-likeness (QED) is 0.341. The summed E-state index contributed by atoms with van der Waals surface area (Å²) >= 11 is 0. The first-order valence-electron chi connectivity index (χ1n) is 8.87. The van der Waals surface area contributed by atoms with Gasteiger partial charge < -0.3 is 20.1 Å². The van der Waals surface area contributed by atoms with Crippen LogP contribution in [-0.2, 0) is 6.54 Å². The zero-order valence-electron chi connectivity index (χ0n) is 16.4. The van der Waals surface area contributed by atoms with Crippen LogP contribution in [0.1, 0.15) is 25.0 Å². The summed E-state index contributed by atoms with van der Waals surface area (Å²) in [4.78, 5) is 8.51. The van der Waals surface area contributed by atoms with Crippen LogP contribution in [0.4, 0.5) is 0 Å². The Morgan fingerprint density at radius 2 is 1.96 bits per heavy atom. The second-order valence-electron chi connectivity index (χ2n) is 5.90. The van der Waals surface area contributed by atoms with Gasteiger partial charge in [-0.2, -0.15) is 0 Å². The number of rotatable bonds is 8. The molecule has 27 heavy (non-hydrogen) atoms. The highest BCUT2D eigenvalue weighted by Crippen LogP contribution is 2.17. The maximum Gasteiger partial charge on any atom is 0.218 e. The highest BCUT2D eigenvalue weighted by molar-refractivity contribution is 14.0. The van der Waals surface area contributed by atoms with Crippen molar-refractivity contribution in [1.29, 1.82) is 0 Å². The molecule has 0 spiro atoms. The van der Waals surface area contributed by atoms with E-state index < -0.39 is 0 Å². The number of para-hydroxylation sites is 1. The number of nitrogens with one attached hydrogen (secondary N) is 2. The number of ether oxygens (including phenoxy) is 2. The zero-order valence-corrected chi connectivity index (χ0v) is 18.7. The molecule has 1 aromatic carbocycles. The Kier molecular flexibility index (Phi) is 10.5. The van der Waals surface area contributed by atoms with Crippen molar-refractivity contribution >= 4 is 29.9 Å². The van der Waals surface area contributed by atoms with Gasteiger partial charge >= 0.3 is 0 Å². The van der Waals surface area contributed by atoms with Gasteiger partial charge in [0.1, 0.15) is 11.9 Å². The molecule has 0 bridgehead atoms. The molecule has 1 aromatic heterocycles. The van der Waals surface area contributed by atoms with Crippen molar-refractivity contribution in [3.05, 3.63) is 53.7 Å². The van der Waals surface area contributed by atoms with E-state index in [1.54, 1.807) is 13.2 Å². The number of hydrogen-bond donors (Lipinski definition) is 2. The Bertz CT molecular complexity index is 725. The Morgan fingerprint density at radius 1 is 1.19 bits per heavy atom. The summed E-state index contributed by atoms with van der Waals surface area (Å²) in [6.07, 6.45) is 1.73. The number of aromatic nitrogens is 1. The van der Waals surface area contributed by atoms with Crippen LogP contribution in [0.5, 0.6) is 11.6 Å². The minimum Gasteiger partial charge on any atom is -0.489 e. The topological polar surface area (TPSA) is 67.8 Å². The summed E-state index contributed by atoms with van der Waals surface area (Å²) in [6, 6.07) is 11.9. The minimum absolute atomic E-state index is 0. The van der Waals surface area contributed by atoms with Crippen LogP contribution in [0.3, 0.4) is 0 Å². The maximum atomic E-state index is 5.98. The standard InChI is InChI=1S/C20H28N4O2.HI/c1-5-25-19-17(10-8-12-22-19)14-24-20(21-4)23-13-16(3)26-18-11-7-6-9-15(18)2;/h6-12,16H,5,13-14H2,1-4H3,(H2,21,23,24);1H. The number of halogens is 1. The molecule has 1 heterocycles. The van der Waals surface area contributed by atoms with Crippen LogP contribution in [0.15, 0.2) is 47.6 Å². The van der Waals surface area contributed by atoms with Crippen LogP contribution in [0.25, 0.3) is 0 Å². The van der Waals surface area contributed by atoms with Crippen LogP contribution >= 0.6 is 24.0 Å². The van der Waals surface area contributed by atoms with Crippen molar-refractivity contribution in [1.82, 2.24) is 15.6 Å². The maximum absolute atomic E-state index is 5.98. The monoisotopic (exact) mass is 484 g/mol. The van der Waals surface area contributed by atoms with Gasteiger partial charge in [0.15, 0.2) is 5.96 Å². The Morgan fingerprint density at radius 3 is 2.67 bits per heavy atom. The molecule has 6 nitrogen and oxygen atoms in total. The van der Waals surface area contributed by atoms with Gasteiger partial charge in [0.25, 0.3) is 0 Å². The predicted molar refractivity (Wildman–Crippen MR) is 120 cm³/mol. The molecule has 0 aliphatic carbocycles. The Balaban J connectivity index is 0.00000364. The molecule has 0 aliphatic heterocycles. The van der Waals surface area contributed by atoms with Crippen molar-refractivity contribution in [3.8, 4) is 11.6 Å². The molecule has 0 radical (unpaired) electrons. The smallest absolute Gasteiger partial charge is 0.218 e. The fourth-order valence-electron chi connectivity index (χ4n) is 2.41. The number of aryl methyl sites for hydroxylation is 1. The fourth-order valence-corrected chi connectivity index (χ4v) is 2.41. The number of hydrogen-bond acceptors (Lipinski definition) is 4. The van der Waals surface area contributed by atoms with Crippen LogP contribution < -0.4 is 20.1 Å². The Labute approximate surface area is 178 Å². The molecule has 2 aromatic rings. The third-order valence-corrected chi connectivity index (χ3v) is 3.78. The highest BCUT2D eigenvalue weighted by atomic mass is 127. The summed E-state index contributed by atoms with van der Waals surface area (Å²) in [5.74, 6) is 2.26. The molecule has 148 valence electrons. The molecular weight excluding hydrogens is 455 g/mol. The van der Waals surface area contributed by atoms with Crippen LogP contribution in [0, 0.1) is 6.92 Å². The van der Waals surface area contributed by atoms with Crippen molar-refractivity contribution in [2.45, 2.75) is 33.4 Å². The number of nitrogens with zero attached hydrogens (tertiary/aromatic N) is 2. The molecule has 0 amide bonds. The first-order valence-corrected chi connectivity index (χ1v) is 8.87. The van der Waals surface area contributed by atoms with Gasteiger partial charge in [-0.25, -0.2) is 4.98 Å². The van der Waals surface area contributed by atoms with E-state index in [1.807, 2.05) is 57.2 Å². The first-order chi connectivity index (χ1) is 12.6. The minimum atomic E-state index is 0. The average molecular weight is 484 g/mol. The molecule has 1 atom stereocenters. The van der Waals surface area contributed by atoms with E-state index in [1.165, 1.54) is 0 Å². The van der Waals surface area contributed by atoms with Crippen molar-refractivity contribution in [2.75, 3.05) is 20.2 Å². The molecule has 0 aliphatic rings. The van der Waals surface area contributed by atoms with Gasteiger partial charge in [0.05, 0.1) is 13.2 Å². The average Bonchev–Trinajstić information content (AvgIpc) is 2.65. The number of benzene rings is 1. The van der Waals surface area contributed by atoms with E-state index >= 15 is 0 Å². The normalized spacial score (nSPS) is 11.9. The van der Waals surface area contributed by atoms with E-state index in [0.717, 1.165) is 16.9 Å². The molecule has 2 N–H and O–H groups in total. The van der Waals surface area contributed by atoms with E-state index in [-0.39, 0.29) is 30.1 Å². The van der Waals surface area contributed by atoms with E-state index in [0.29, 0.717) is 31.5 Å². The molecular formula is C20H29IN4O2. The SMILES string of the molecule is CCOc1ncccc1CNC(=NC)NCC(C)Oc1ccccc1C.I. The Hall–Kier alpha value is -2.03. The summed E-state index contributed by atoms with van der Waals surface area (Å²) in [6.45, 7) is 7.82. The molecule has 2 rings (SSSR count). The lowest BCUT2D eigenvalue weighted by atomic mass is 10.2. The second-order valence-corrected chi connectivity index (χ2v) is 5.90. The highest BCUT2D eigenvalue weighted by Gasteiger charge is 2.09. The van der Waals surface area contributed by atoms with E-state index in [2.05, 4.69) is 20.6 Å². The summed E-state index contributed by atoms with van der Waals surface area (Å²) in [5, 5.41) is 6.56. The summed E-state index contributed by atoms with van der Waals surface area (Å²) < 4.78 is 11.5. The third-order valence-electron chi connectivity index (χ3n) is 3.78. The van der Waals surface area contributed by atoms with Gasteiger partial charge in [-0.1, -0.05) is 24.3 Å². The van der Waals surface area contributed by atoms with Crippen molar-refractivity contribution in [2.24, 2.45) is 4.99 Å². The van der Waals surface area contributed by atoms with Gasteiger partial charge in [-0.3, -0.25) is 4.99 Å². The third kappa shape index (κ3) is 7.62. The van der Waals surface area contributed by atoms with Gasteiger partial charge in [0.2, 0.25) is 5.88 Å². The lowest BCUT2D eigenvalue weighted by Gasteiger charge is -2.19. The molecule has 0 saturated carbocycles. The molecule has 0 fully saturated rings. The van der Waals surface area contributed by atoms with Crippen LogP contribution in [0.2, 0.25) is 0 Å². The number of pyridine rings is 1. The van der Waals surface area contributed by atoms with Gasteiger partial charge in [-0.15, -0.1) is 24.0 Å². The lowest BCUT2D eigenvalue weighted by Crippen LogP contribution is -2.41. The summed E-state index contributed by atoms with van der Waals surface area (Å²) in [5.41, 5.74) is 2.11. The fraction of sp³-hybridized carbons (Fsp3) is 0.400. The largest absolute Gasteiger partial charge is 0.489 e. The van der Waals surface area contributed by atoms with E-state index in [4.69, 9.17) is 9.47 Å². The zero-order chi connectivity index (χ0) is 18.8. The van der Waals surface area contributed by atoms with Gasteiger partial charge in [-0.05, 0) is 38.5 Å². The molecule has 1 unspecified atom stereocenters. The molecule has 7 heteroatoms. The lowest BCUT2D eigenvalue weighted by molar-refractivity contribution is 0.222. The number of guanidine groups is 1. The number of aliphatic imine (C=N–C) groups is 1.